The molecule has 7 heteroatoms. The van der Waals surface area contributed by atoms with Crippen LogP contribution >= 0.6 is 12.4 Å². The van der Waals surface area contributed by atoms with Crippen molar-refractivity contribution in [3.63, 3.8) is 0 Å². The van der Waals surface area contributed by atoms with Gasteiger partial charge >= 0.3 is 0 Å². The Bertz CT molecular complexity index is 1250. The van der Waals surface area contributed by atoms with Gasteiger partial charge in [0.2, 0.25) is 0 Å². The van der Waals surface area contributed by atoms with Gasteiger partial charge in [-0.2, -0.15) is 0 Å². The zero-order valence-electron chi connectivity index (χ0n) is 15.3. The molecule has 1 aromatic heterocycles. The summed E-state index contributed by atoms with van der Waals surface area (Å²) in [6, 6.07) is 18.3. The molecule has 0 spiro atoms. The van der Waals surface area contributed by atoms with Crippen LogP contribution in [-0.2, 0) is 16.4 Å². The fourth-order valence-electron chi connectivity index (χ4n) is 3.37. The van der Waals surface area contributed by atoms with Gasteiger partial charge in [-0.3, -0.25) is 0 Å². The molecule has 4 aromatic rings. The molecule has 1 heterocycles. The Labute approximate surface area is 170 Å². The molecular formula is C21H21ClN2O3S. The number of nitrogens with zero attached hydrogens (tertiary/aromatic N) is 1. The Kier molecular flexibility index (Phi) is 5.65. The van der Waals surface area contributed by atoms with Crippen molar-refractivity contribution in [2.45, 2.75) is 11.3 Å². The van der Waals surface area contributed by atoms with Gasteiger partial charge in [0.15, 0.2) is 0 Å². The molecule has 0 unspecified atom stereocenters. The van der Waals surface area contributed by atoms with Gasteiger partial charge in [0.1, 0.15) is 5.75 Å². The number of fused-ring (bicyclic) bond motifs is 2. The van der Waals surface area contributed by atoms with Crippen molar-refractivity contribution in [1.82, 2.24) is 3.97 Å². The SMILES string of the molecule is COc1ccc2c(c1)c(CCN)cn2S(=O)(=O)c1ccc2ccccc2c1.Cl. The molecule has 0 atom stereocenters. The summed E-state index contributed by atoms with van der Waals surface area (Å²) in [6.45, 7) is 0.437. The minimum Gasteiger partial charge on any atom is -0.497 e. The van der Waals surface area contributed by atoms with Gasteiger partial charge in [0, 0.05) is 11.6 Å². The Morgan fingerprint density at radius 3 is 2.46 bits per heavy atom. The first-order chi connectivity index (χ1) is 13.0. The average molecular weight is 417 g/mol. The van der Waals surface area contributed by atoms with Crippen molar-refractivity contribution in [2.75, 3.05) is 13.7 Å². The summed E-state index contributed by atoms with van der Waals surface area (Å²) in [7, 11) is -2.15. The van der Waals surface area contributed by atoms with Crippen LogP contribution in [0.5, 0.6) is 5.75 Å². The standard InChI is InChI=1S/C21H20N2O3S.ClH/c1-26-18-7-9-21-20(13-18)17(10-11-22)14-23(21)27(24,25)19-8-6-15-4-2-3-5-16(15)12-19;/h2-9,12-14H,10-11,22H2,1H3;1H. The van der Waals surface area contributed by atoms with Crippen LogP contribution in [0.15, 0.2) is 71.8 Å². The Balaban J connectivity index is 0.00000225. The molecule has 28 heavy (non-hydrogen) atoms. The summed E-state index contributed by atoms with van der Waals surface area (Å²) in [6.07, 6.45) is 2.26. The first kappa shape index (κ1) is 20.2. The van der Waals surface area contributed by atoms with Gasteiger partial charge in [-0.25, -0.2) is 12.4 Å². The third kappa shape index (κ3) is 3.35. The van der Waals surface area contributed by atoms with E-state index >= 15 is 0 Å². The second-order valence-corrected chi connectivity index (χ2v) is 8.20. The lowest BCUT2D eigenvalue weighted by Gasteiger charge is -2.09. The molecule has 146 valence electrons. The van der Waals surface area contributed by atoms with E-state index in [4.69, 9.17) is 10.5 Å². The van der Waals surface area contributed by atoms with E-state index in [1.54, 1.807) is 37.6 Å². The number of ether oxygens (including phenoxy) is 1. The normalized spacial score (nSPS) is 11.5. The number of halogens is 1. The molecule has 2 N–H and O–H groups in total. The number of aromatic nitrogens is 1. The zero-order valence-corrected chi connectivity index (χ0v) is 17.0. The Hall–Kier alpha value is -2.54. The highest BCUT2D eigenvalue weighted by molar-refractivity contribution is 7.90. The number of hydrogen-bond acceptors (Lipinski definition) is 4. The van der Waals surface area contributed by atoms with Crippen molar-refractivity contribution in [1.29, 1.82) is 0 Å². The van der Waals surface area contributed by atoms with Crippen molar-refractivity contribution >= 4 is 44.1 Å². The van der Waals surface area contributed by atoms with Gasteiger partial charge in [0.25, 0.3) is 10.0 Å². The largest absolute Gasteiger partial charge is 0.497 e. The van der Waals surface area contributed by atoms with Gasteiger partial charge in [-0.15, -0.1) is 12.4 Å². The maximum atomic E-state index is 13.4. The van der Waals surface area contributed by atoms with Gasteiger partial charge in [-0.1, -0.05) is 30.3 Å². The quantitative estimate of drug-likeness (QED) is 0.534. The monoisotopic (exact) mass is 416 g/mol. The lowest BCUT2D eigenvalue weighted by molar-refractivity contribution is 0.415. The first-order valence-electron chi connectivity index (χ1n) is 8.67. The number of methoxy groups -OCH3 is 1. The summed E-state index contributed by atoms with van der Waals surface area (Å²) < 4.78 is 33.4. The summed E-state index contributed by atoms with van der Waals surface area (Å²) >= 11 is 0. The van der Waals surface area contributed by atoms with E-state index < -0.39 is 10.0 Å². The molecule has 3 aromatic carbocycles. The predicted octanol–water partition coefficient (Wildman–Crippen LogP) is 3.96. The van der Waals surface area contributed by atoms with Crippen molar-refractivity contribution < 1.29 is 13.2 Å². The molecule has 0 fully saturated rings. The van der Waals surface area contributed by atoms with Crippen LogP contribution in [0, 0.1) is 0 Å². The molecule has 0 saturated carbocycles. The van der Waals surface area contributed by atoms with Crippen molar-refractivity contribution in [3.8, 4) is 5.75 Å². The number of rotatable bonds is 5. The second kappa shape index (κ2) is 7.83. The molecule has 0 bridgehead atoms. The lowest BCUT2D eigenvalue weighted by atomic mass is 10.1. The molecule has 0 amide bonds. The van der Waals surface area contributed by atoms with Crippen LogP contribution in [-0.4, -0.2) is 26.0 Å². The van der Waals surface area contributed by atoms with E-state index in [2.05, 4.69) is 0 Å². The highest BCUT2D eigenvalue weighted by Crippen LogP contribution is 2.30. The van der Waals surface area contributed by atoms with Crippen LogP contribution in [0.1, 0.15) is 5.56 Å². The number of benzene rings is 3. The Morgan fingerprint density at radius 2 is 1.75 bits per heavy atom. The molecule has 4 rings (SSSR count). The van der Waals surface area contributed by atoms with Crippen LogP contribution in [0.25, 0.3) is 21.7 Å². The third-order valence-electron chi connectivity index (χ3n) is 4.75. The van der Waals surface area contributed by atoms with E-state index in [1.165, 1.54) is 3.97 Å². The summed E-state index contributed by atoms with van der Waals surface area (Å²) in [4.78, 5) is 0.258. The highest BCUT2D eigenvalue weighted by Gasteiger charge is 2.21. The van der Waals surface area contributed by atoms with Crippen LogP contribution in [0.4, 0.5) is 0 Å². The Morgan fingerprint density at radius 1 is 1.00 bits per heavy atom. The topological polar surface area (TPSA) is 74.3 Å². The molecule has 0 aliphatic carbocycles. The fraction of sp³-hybridized carbons (Fsp3) is 0.143. The molecule has 0 saturated heterocycles. The van der Waals surface area contributed by atoms with Crippen molar-refractivity contribution in [2.24, 2.45) is 5.73 Å². The van der Waals surface area contributed by atoms with Crippen molar-refractivity contribution in [3.05, 3.63) is 72.4 Å². The van der Waals surface area contributed by atoms with Crippen LogP contribution < -0.4 is 10.5 Å². The van der Waals surface area contributed by atoms with E-state index in [1.807, 2.05) is 36.4 Å². The minimum atomic E-state index is -3.74. The van der Waals surface area contributed by atoms with E-state index in [-0.39, 0.29) is 17.3 Å². The molecule has 0 aliphatic rings. The summed E-state index contributed by atoms with van der Waals surface area (Å²) in [5.41, 5.74) is 7.23. The summed E-state index contributed by atoms with van der Waals surface area (Å²) in [5, 5.41) is 2.73. The maximum Gasteiger partial charge on any atom is 0.268 e. The number of nitrogens with two attached hydrogens (primary N) is 1. The fourth-order valence-corrected chi connectivity index (χ4v) is 4.79. The number of hydrogen-bond donors (Lipinski definition) is 1. The molecule has 5 nitrogen and oxygen atoms in total. The second-order valence-electron chi connectivity index (χ2n) is 6.39. The minimum absolute atomic E-state index is 0. The van der Waals surface area contributed by atoms with E-state index in [9.17, 15) is 8.42 Å². The average Bonchev–Trinajstić information content (AvgIpc) is 3.06. The zero-order chi connectivity index (χ0) is 19.0. The van der Waals surface area contributed by atoms with E-state index in [0.29, 0.717) is 24.2 Å². The van der Waals surface area contributed by atoms with Crippen LogP contribution in [0.3, 0.4) is 0 Å². The molecular weight excluding hydrogens is 396 g/mol. The first-order valence-corrected chi connectivity index (χ1v) is 10.1. The van der Waals surface area contributed by atoms with E-state index in [0.717, 1.165) is 21.7 Å². The molecule has 0 aliphatic heterocycles. The molecule has 0 radical (unpaired) electrons. The van der Waals surface area contributed by atoms with Crippen LogP contribution in [0.2, 0.25) is 0 Å². The highest BCUT2D eigenvalue weighted by atomic mass is 35.5. The lowest BCUT2D eigenvalue weighted by Crippen LogP contribution is -2.12. The maximum absolute atomic E-state index is 13.4. The van der Waals surface area contributed by atoms with Gasteiger partial charge in [0.05, 0.1) is 17.5 Å². The predicted molar refractivity (Wildman–Crippen MR) is 115 cm³/mol. The summed E-state index contributed by atoms with van der Waals surface area (Å²) in [5.74, 6) is 0.682. The third-order valence-corrected chi connectivity index (χ3v) is 6.42. The van der Waals surface area contributed by atoms with Gasteiger partial charge < -0.3 is 10.5 Å². The smallest absolute Gasteiger partial charge is 0.268 e. The van der Waals surface area contributed by atoms with Gasteiger partial charge in [-0.05, 0) is 59.6 Å².